The van der Waals surface area contributed by atoms with Crippen molar-refractivity contribution >= 4 is 39.8 Å². The van der Waals surface area contributed by atoms with Gasteiger partial charge in [0.05, 0.1) is 12.2 Å². The summed E-state index contributed by atoms with van der Waals surface area (Å²) in [7, 11) is 0. The molecule has 1 aromatic heterocycles. The van der Waals surface area contributed by atoms with Crippen LogP contribution in [0.5, 0.6) is 11.5 Å². The molecule has 1 amide bonds. The zero-order valence-electron chi connectivity index (χ0n) is 19.8. The molecule has 2 aromatic carbocycles. The molecule has 0 spiro atoms. The molecule has 0 atom stereocenters. The topological polar surface area (TPSA) is 100 Å². The van der Waals surface area contributed by atoms with E-state index in [4.69, 9.17) is 14.9 Å². The van der Waals surface area contributed by atoms with Crippen LogP contribution >= 0.6 is 11.8 Å². The molecule has 0 radical (unpaired) electrons. The van der Waals surface area contributed by atoms with E-state index < -0.39 is 5.91 Å². The molecule has 5 rings (SSSR count). The van der Waals surface area contributed by atoms with Crippen LogP contribution in [0.15, 0.2) is 82.7 Å². The summed E-state index contributed by atoms with van der Waals surface area (Å²) in [6.07, 6.45) is 4.99. The number of thioether (sulfide) groups is 1. The molecule has 8 nitrogen and oxygen atoms in total. The van der Waals surface area contributed by atoms with Crippen LogP contribution in [0.2, 0.25) is 0 Å². The van der Waals surface area contributed by atoms with E-state index in [0.717, 1.165) is 11.1 Å². The number of nitrogens with zero attached hydrogens (tertiary/aromatic N) is 4. The summed E-state index contributed by atoms with van der Waals surface area (Å²) in [5.74, 6) is 0.646. The Kier molecular flexibility index (Phi) is 6.64. The van der Waals surface area contributed by atoms with Gasteiger partial charge in [0.2, 0.25) is 5.17 Å². The molecule has 1 N–H and O–H groups in total. The molecule has 0 fully saturated rings. The third-order valence-corrected chi connectivity index (χ3v) is 6.38. The van der Waals surface area contributed by atoms with Gasteiger partial charge in [-0.25, -0.2) is 0 Å². The Hall–Kier alpha value is -4.24. The fourth-order valence-corrected chi connectivity index (χ4v) is 4.61. The van der Waals surface area contributed by atoms with Crippen LogP contribution in [0.4, 0.5) is 0 Å². The fraction of sp³-hybridized carbons (Fsp3) is 0.148. The molecule has 0 saturated carbocycles. The molecule has 0 bridgehead atoms. The van der Waals surface area contributed by atoms with Gasteiger partial charge < -0.3 is 9.47 Å². The monoisotopic (exact) mass is 497 g/mol. The summed E-state index contributed by atoms with van der Waals surface area (Å²) in [4.78, 5) is 21.1. The first-order valence-corrected chi connectivity index (χ1v) is 12.2. The van der Waals surface area contributed by atoms with Crippen LogP contribution < -0.4 is 9.47 Å². The number of hydrazone groups is 1. The normalized spacial score (nSPS) is 16.1. The number of hydrogen-bond acceptors (Lipinski definition) is 7. The number of fused-ring (bicyclic) bond motifs is 1. The summed E-state index contributed by atoms with van der Waals surface area (Å²) in [5.41, 5.74) is 3.87. The van der Waals surface area contributed by atoms with Gasteiger partial charge in [-0.2, -0.15) is 15.1 Å². The van der Waals surface area contributed by atoms with E-state index in [0.29, 0.717) is 40.5 Å². The van der Waals surface area contributed by atoms with Crippen molar-refractivity contribution in [1.82, 2.24) is 9.99 Å². The van der Waals surface area contributed by atoms with Crippen molar-refractivity contribution in [3.8, 4) is 11.5 Å². The summed E-state index contributed by atoms with van der Waals surface area (Å²) < 4.78 is 11.8. The highest BCUT2D eigenvalue weighted by atomic mass is 32.2. The number of ether oxygens (including phenoxy) is 2. The zero-order chi connectivity index (χ0) is 25.1. The minimum Gasteiger partial charge on any atom is -0.490 e. The maximum absolute atomic E-state index is 12.8. The van der Waals surface area contributed by atoms with Gasteiger partial charge in [-0.05, 0) is 67.1 Å². The molecule has 180 valence electrons. The van der Waals surface area contributed by atoms with Crippen molar-refractivity contribution < 1.29 is 14.3 Å². The number of amides is 1. The lowest BCUT2D eigenvalue weighted by molar-refractivity contribution is -0.114. The number of aryl methyl sites for hydroxylation is 1. The molecule has 3 heterocycles. The number of carbonyl (C=O) groups is 1. The summed E-state index contributed by atoms with van der Waals surface area (Å²) >= 11 is 1.24. The highest BCUT2D eigenvalue weighted by molar-refractivity contribution is 8.27. The Morgan fingerprint density at radius 1 is 1.08 bits per heavy atom. The number of amidine groups is 2. The standard InChI is InChI=1S/C27H23N5O3S/c1-3-34-23-14-18(9-10-22(23)35-16-19-7-4-6-17(2)12-19)13-21-24(28)32-27(30-25(21)33)36-26(31-32)20-8-5-11-29-15-20/h4-15,28H,3,16H2,1-2H3/b21-13-,28-24?. The molecular weight excluding hydrogens is 474 g/mol. The predicted molar refractivity (Wildman–Crippen MR) is 141 cm³/mol. The maximum atomic E-state index is 12.8. The summed E-state index contributed by atoms with van der Waals surface area (Å²) in [5, 5.41) is 15.5. The van der Waals surface area contributed by atoms with Gasteiger partial charge in [-0.3, -0.25) is 15.2 Å². The SMILES string of the molecule is CCOc1cc(/C=C2/C(=N)N3N=C(c4cccnc4)SC3=NC2=O)ccc1OCc1cccc(C)c1. The number of benzene rings is 2. The Morgan fingerprint density at radius 2 is 1.97 bits per heavy atom. The van der Waals surface area contributed by atoms with Crippen LogP contribution in [-0.4, -0.2) is 38.6 Å². The van der Waals surface area contributed by atoms with E-state index in [1.54, 1.807) is 24.5 Å². The van der Waals surface area contributed by atoms with Crippen molar-refractivity contribution in [2.45, 2.75) is 20.5 Å². The molecule has 0 unspecified atom stereocenters. The lowest BCUT2D eigenvalue weighted by atomic mass is 10.1. The van der Waals surface area contributed by atoms with E-state index in [1.165, 1.54) is 22.3 Å². The Bertz CT molecular complexity index is 1430. The third-order valence-electron chi connectivity index (χ3n) is 5.42. The zero-order valence-corrected chi connectivity index (χ0v) is 20.6. The molecule has 0 saturated heterocycles. The highest BCUT2D eigenvalue weighted by Gasteiger charge is 2.36. The van der Waals surface area contributed by atoms with E-state index >= 15 is 0 Å². The van der Waals surface area contributed by atoms with Gasteiger partial charge in [-0.1, -0.05) is 35.9 Å². The van der Waals surface area contributed by atoms with Crippen LogP contribution in [0.25, 0.3) is 6.08 Å². The van der Waals surface area contributed by atoms with Crippen LogP contribution in [0.1, 0.15) is 29.2 Å². The van der Waals surface area contributed by atoms with E-state index in [2.05, 4.69) is 21.1 Å². The maximum Gasteiger partial charge on any atom is 0.283 e. The van der Waals surface area contributed by atoms with Crippen LogP contribution in [0, 0.1) is 12.3 Å². The average molecular weight is 498 g/mol. The van der Waals surface area contributed by atoms with Crippen LogP contribution in [-0.2, 0) is 11.4 Å². The number of hydrogen-bond donors (Lipinski definition) is 1. The number of aromatic nitrogens is 1. The second-order valence-corrected chi connectivity index (χ2v) is 9.04. The Labute approximate surface area is 212 Å². The number of pyridine rings is 1. The van der Waals surface area contributed by atoms with Gasteiger partial charge in [0, 0.05) is 18.0 Å². The molecule has 2 aliphatic heterocycles. The quantitative estimate of drug-likeness (QED) is 0.459. The van der Waals surface area contributed by atoms with Gasteiger partial charge in [0.25, 0.3) is 5.91 Å². The van der Waals surface area contributed by atoms with E-state index in [9.17, 15) is 4.79 Å². The second-order valence-electron chi connectivity index (χ2n) is 8.08. The molecule has 2 aliphatic rings. The van der Waals surface area contributed by atoms with Crippen molar-refractivity contribution in [1.29, 1.82) is 5.41 Å². The minimum absolute atomic E-state index is 0.0332. The van der Waals surface area contributed by atoms with E-state index in [-0.39, 0.29) is 11.4 Å². The number of carbonyl (C=O) groups excluding carboxylic acids is 1. The average Bonchev–Trinajstić information content (AvgIpc) is 3.31. The highest BCUT2D eigenvalue weighted by Crippen LogP contribution is 2.33. The van der Waals surface area contributed by atoms with Gasteiger partial charge >= 0.3 is 0 Å². The van der Waals surface area contributed by atoms with Crippen molar-refractivity contribution in [3.05, 3.63) is 94.8 Å². The molecule has 36 heavy (non-hydrogen) atoms. The Morgan fingerprint density at radius 3 is 2.75 bits per heavy atom. The lowest BCUT2D eigenvalue weighted by Gasteiger charge is -2.20. The smallest absolute Gasteiger partial charge is 0.283 e. The summed E-state index contributed by atoms with van der Waals surface area (Å²) in [6.45, 7) is 4.81. The first-order chi connectivity index (χ1) is 17.5. The fourth-order valence-electron chi connectivity index (χ4n) is 3.73. The van der Waals surface area contributed by atoms with Gasteiger partial charge in [0.15, 0.2) is 17.3 Å². The van der Waals surface area contributed by atoms with Crippen molar-refractivity contribution in [2.24, 2.45) is 10.1 Å². The third kappa shape index (κ3) is 4.92. The minimum atomic E-state index is -0.487. The number of aliphatic imine (C=N–C) groups is 1. The largest absolute Gasteiger partial charge is 0.490 e. The molecule has 0 aliphatic carbocycles. The molecular formula is C27H23N5O3S. The number of rotatable bonds is 7. The first-order valence-electron chi connectivity index (χ1n) is 11.4. The Balaban J connectivity index is 1.39. The van der Waals surface area contributed by atoms with E-state index in [1.807, 2.05) is 56.3 Å². The molecule has 3 aromatic rings. The van der Waals surface area contributed by atoms with Gasteiger partial charge in [-0.15, -0.1) is 0 Å². The number of nitrogens with one attached hydrogen (secondary N) is 1. The first kappa shape index (κ1) is 23.5. The summed E-state index contributed by atoms with van der Waals surface area (Å²) in [6, 6.07) is 17.2. The molecule has 9 heteroatoms. The van der Waals surface area contributed by atoms with Crippen molar-refractivity contribution in [3.63, 3.8) is 0 Å². The van der Waals surface area contributed by atoms with Crippen molar-refractivity contribution in [2.75, 3.05) is 6.61 Å². The van der Waals surface area contributed by atoms with Gasteiger partial charge in [0.1, 0.15) is 11.7 Å². The lowest BCUT2D eigenvalue weighted by Crippen LogP contribution is -2.35. The second kappa shape index (κ2) is 10.2. The predicted octanol–water partition coefficient (Wildman–Crippen LogP) is 5.04. The van der Waals surface area contributed by atoms with Crippen LogP contribution in [0.3, 0.4) is 0 Å².